The van der Waals surface area contributed by atoms with Gasteiger partial charge in [-0.1, -0.05) is 188 Å². The maximum atomic E-state index is 5.61. The van der Waals surface area contributed by atoms with Crippen LogP contribution < -0.4 is 0 Å². The molecule has 9 aromatic rings. The molecule has 7 aromatic carbocycles. The zero-order valence-corrected chi connectivity index (χ0v) is 32.4. The summed E-state index contributed by atoms with van der Waals surface area (Å²) in [6.07, 6.45) is 8.83. The van der Waals surface area contributed by atoms with Crippen LogP contribution in [0, 0.1) is 0 Å². The van der Waals surface area contributed by atoms with E-state index < -0.39 is 5.41 Å². The minimum atomic E-state index is -0.508. The lowest BCUT2D eigenvalue weighted by Gasteiger charge is -2.37. The van der Waals surface area contributed by atoms with Gasteiger partial charge in [0.2, 0.25) is 0 Å². The van der Waals surface area contributed by atoms with Crippen molar-refractivity contribution in [3.63, 3.8) is 0 Å². The molecule has 0 fully saturated rings. The molecule has 5 heteroatoms. The Kier molecular flexibility index (Phi) is 8.44. The van der Waals surface area contributed by atoms with E-state index in [9.17, 15) is 0 Å². The molecule has 1 unspecified atom stereocenters. The van der Waals surface area contributed by atoms with Gasteiger partial charge in [0.25, 0.3) is 0 Å². The molecule has 0 aliphatic heterocycles. The molecule has 5 nitrogen and oxygen atoms in total. The van der Waals surface area contributed by atoms with E-state index in [0.717, 1.165) is 75.2 Å². The maximum absolute atomic E-state index is 5.61. The highest BCUT2D eigenvalue weighted by Crippen LogP contribution is 2.58. The van der Waals surface area contributed by atoms with Crippen molar-refractivity contribution >= 4 is 0 Å². The molecule has 0 amide bonds. The first-order valence-corrected chi connectivity index (χ1v) is 20.3. The molecule has 0 bridgehead atoms. The second kappa shape index (κ2) is 14.4. The molecule has 59 heavy (non-hydrogen) atoms. The molecular formula is C54H39N5. The largest absolute Gasteiger partial charge is 0.295 e. The van der Waals surface area contributed by atoms with E-state index in [0.29, 0.717) is 0 Å². The lowest BCUT2D eigenvalue weighted by Crippen LogP contribution is -2.32. The summed E-state index contributed by atoms with van der Waals surface area (Å²) in [5, 5.41) is 9.34. The zero-order valence-electron chi connectivity index (χ0n) is 32.4. The second-order valence-electron chi connectivity index (χ2n) is 15.2. The summed E-state index contributed by atoms with van der Waals surface area (Å²) in [5.74, 6) is 2.54. The maximum Gasteiger partial charge on any atom is 0.168 e. The zero-order chi connectivity index (χ0) is 39.2. The Morgan fingerprint density at radius 3 is 1.56 bits per heavy atom. The number of hydrogen-bond donors (Lipinski definition) is 0. The molecule has 11 rings (SSSR count). The monoisotopic (exact) mass is 757 g/mol. The van der Waals surface area contributed by atoms with Crippen LogP contribution in [0.5, 0.6) is 0 Å². The van der Waals surface area contributed by atoms with Gasteiger partial charge in [-0.25, -0.2) is 4.98 Å². The van der Waals surface area contributed by atoms with Crippen LogP contribution in [-0.4, -0.2) is 24.3 Å². The van der Waals surface area contributed by atoms with Gasteiger partial charge in [0.05, 0.1) is 16.8 Å². The summed E-state index contributed by atoms with van der Waals surface area (Å²) >= 11 is 0. The normalized spacial score (nSPS) is 15.4. The topological polar surface area (TPSA) is 48.5 Å². The third kappa shape index (κ3) is 5.65. The van der Waals surface area contributed by atoms with Crippen LogP contribution in [0.15, 0.2) is 218 Å². The predicted octanol–water partition coefficient (Wildman–Crippen LogP) is 12.7. The highest BCUT2D eigenvalue weighted by Gasteiger charge is 2.51. The summed E-state index contributed by atoms with van der Waals surface area (Å²) in [5.41, 5.74) is 14.3. The van der Waals surface area contributed by atoms with Crippen LogP contribution in [0.4, 0.5) is 0 Å². The van der Waals surface area contributed by atoms with Crippen molar-refractivity contribution in [1.82, 2.24) is 24.3 Å². The molecule has 2 aliphatic rings. The minimum absolute atomic E-state index is 0.508. The Morgan fingerprint density at radius 2 is 0.949 bits per heavy atom. The average molecular weight is 758 g/mol. The first kappa shape index (κ1) is 34.6. The summed E-state index contributed by atoms with van der Waals surface area (Å²) in [6.45, 7) is 0. The first-order chi connectivity index (χ1) is 29.3. The van der Waals surface area contributed by atoms with Gasteiger partial charge in [0, 0.05) is 33.6 Å². The molecular weight excluding hydrogens is 719 g/mol. The van der Waals surface area contributed by atoms with E-state index in [1.807, 2.05) is 36.4 Å². The van der Waals surface area contributed by atoms with E-state index in [1.165, 1.54) is 28.0 Å². The summed E-state index contributed by atoms with van der Waals surface area (Å²) in [6, 6.07) is 68.7. The summed E-state index contributed by atoms with van der Waals surface area (Å²) < 4.78 is 4.58. The van der Waals surface area contributed by atoms with Crippen molar-refractivity contribution in [2.45, 2.75) is 18.3 Å². The fourth-order valence-corrected chi connectivity index (χ4v) is 9.22. The van der Waals surface area contributed by atoms with E-state index >= 15 is 0 Å². The summed E-state index contributed by atoms with van der Waals surface area (Å²) in [7, 11) is 0. The van der Waals surface area contributed by atoms with Gasteiger partial charge in [0.1, 0.15) is 5.82 Å². The van der Waals surface area contributed by atoms with E-state index in [-0.39, 0.29) is 0 Å². The standard InChI is InChI=1S/C54H39N5/c1-6-18-40(19-7-1)52-56-57-53(41-20-8-2-9-21-41)59(52)46-36-34-39(35-37-46)38-30-32-42(33-31-38)51-55-49-47-28-16-17-29-48(47)54(43-22-10-3-11-23-43,44-24-12-4-13-25-44)50(49)58(51)45-26-14-5-15-27-45/h1-12,14-24,26-37H,13,25H2. The fraction of sp³-hybridized carbons (Fsp3) is 0.0556. The fourth-order valence-electron chi connectivity index (χ4n) is 9.22. The van der Waals surface area contributed by atoms with Crippen LogP contribution in [0.3, 0.4) is 0 Å². The van der Waals surface area contributed by atoms with Crippen molar-refractivity contribution in [3.05, 3.63) is 235 Å². The molecule has 2 aliphatic carbocycles. The highest BCUT2D eigenvalue weighted by atomic mass is 15.3. The molecule has 2 aromatic heterocycles. The van der Waals surface area contributed by atoms with Crippen molar-refractivity contribution in [1.29, 1.82) is 0 Å². The van der Waals surface area contributed by atoms with Crippen molar-refractivity contribution < 1.29 is 0 Å². The lowest BCUT2D eigenvalue weighted by molar-refractivity contribution is 0.657. The van der Waals surface area contributed by atoms with Gasteiger partial charge < -0.3 is 0 Å². The summed E-state index contributed by atoms with van der Waals surface area (Å²) in [4.78, 5) is 5.61. The Labute approximate surface area is 344 Å². The highest BCUT2D eigenvalue weighted by molar-refractivity contribution is 5.86. The van der Waals surface area contributed by atoms with Gasteiger partial charge in [-0.05, 0) is 64.9 Å². The van der Waals surface area contributed by atoms with Crippen molar-refractivity contribution in [2.75, 3.05) is 0 Å². The van der Waals surface area contributed by atoms with Crippen LogP contribution in [-0.2, 0) is 5.41 Å². The second-order valence-corrected chi connectivity index (χ2v) is 15.2. The Hall–Kier alpha value is -7.63. The van der Waals surface area contributed by atoms with Crippen LogP contribution in [0.1, 0.15) is 29.7 Å². The molecule has 0 radical (unpaired) electrons. The lowest BCUT2D eigenvalue weighted by atomic mass is 9.67. The van der Waals surface area contributed by atoms with Crippen molar-refractivity contribution in [2.24, 2.45) is 0 Å². The number of hydrogen-bond acceptors (Lipinski definition) is 3. The number of para-hydroxylation sites is 1. The smallest absolute Gasteiger partial charge is 0.168 e. The Morgan fingerprint density at radius 1 is 0.441 bits per heavy atom. The van der Waals surface area contributed by atoms with Crippen LogP contribution in [0.2, 0.25) is 0 Å². The number of allylic oxidation sites excluding steroid dienone is 4. The number of imidazole rings is 1. The molecule has 2 heterocycles. The minimum Gasteiger partial charge on any atom is -0.295 e. The van der Waals surface area contributed by atoms with Gasteiger partial charge in [-0.15, -0.1) is 10.2 Å². The molecule has 0 saturated carbocycles. The number of aromatic nitrogens is 5. The van der Waals surface area contributed by atoms with E-state index in [4.69, 9.17) is 4.98 Å². The quantitative estimate of drug-likeness (QED) is 0.155. The predicted molar refractivity (Wildman–Crippen MR) is 238 cm³/mol. The van der Waals surface area contributed by atoms with Crippen molar-refractivity contribution in [3.8, 4) is 67.9 Å². The molecule has 0 spiro atoms. The van der Waals surface area contributed by atoms with E-state index in [2.05, 4.69) is 195 Å². The third-order valence-corrected chi connectivity index (χ3v) is 11.9. The third-order valence-electron chi connectivity index (χ3n) is 11.9. The van der Waals surface area contributed by atoms with Gasteiger partial charge >= 0.3 is 0 Å². The van der Waals surface area contributed by atoms with E-state index in [1.54, 1.807) is 0 Å². The molecule has 0 saturated heterocycles. The number of nitrogens with zero attached hydrogens (tertiary/aromatic N) is 5. The Bertz CT molecular complexity index is 2940. The molecule has 0 N–H and O–H groups in total. The van der Waals surface area contributed by atoms with Gasteiger partial charge in [-0.2, -0.15) is 0 Å². The number of rotatable bonds is 8. The van der Waals surface area contributed by atoms with Gasteiger partial charge in [-0.3, -0.25) is 9.13 Å². The SMILES string of the molecule is C1=CCCC(C2(c3ccccc3)c3ccccc3-c3nc(-c4ccc(-c5ccc(-n6c(-c7ccccc7)nnc6-c6ccccc6)cc5)cc4)n(-c4ccccc4)c32)=C1. The van der Waals surface area contributed by atoms with Crippen LogP contribution >= 0.6 is 0 Å². The first-order valence-electron chi connectivity index (χ1n) is 20.3. The molecule has 1 atom stereocenters. The average Bonchev–Trinajstić information content (AvgIpc) is 4.02. The molecule has 280 valence electrons. The Balaban J connectivity index is 1.03. The van der Waals surface area contributed by atoms with Crippen LogP contribution in [0.25, 0.3) is 67.9 Å². The number of benzene rings is 7. The number of fused-ring (bicyclic) bond motifs is 3. The van der Waals surface area contributed by atoms with Gasteiger partial charge in [0.15, 0.2) is 11.6 Å².